The molecule has 3 aliphatic heterocycles. The van der Waals surface area contributed by atoms with Gasteiger partial charge in [0, 0.05) is 0 Å². The predicted octanol–water partition coefficient (Wildman–Crippen LogP) is -0.247. The molecule has 0 radical (unpaired) electrons. The number of rotatable bonds is 1. The molecule has 1 aromatic rings. The summed E-state index contributed by atoms with van der Waals surface area (Å²) in [4.78, 5) is 12.1. The van der Waals surface area contributed by atoms with Gasteiger partial charge >= 0.3 is 5.97 Å². The van der Waals surface area contributed by atoms with Crippen molar-refractivity contribution in [2.75, 3.05) is 6.61 Å². The average Bonchev–Trinajstić information content (AvgIpc) is 2.93. The molecule has 2 bridgehead atoms. The third-order valence-electron chi connectivity index (χ3n) is 4.28. The number of benzene rings is 1. The number of ether oxygens (including phenoxy) is 3. The Morgan fingerprint density at radius 2 is 2.00 bits per heavy atom. The molecule has 4 rings (SSSR count). The van der Waals surface area contributed by atoms with E-state index >= 15 is 0 Å². The molecule has 3 fully saturated rings. The summed E-state index contributed by atoms with van der Waals surface area (Å²) in [5, 5.41) is 29.7. The summed E-state index contributed by atoms with van der Waals surface area (Å²) < 4.78 is 15.8. The van der Waals surface area contributed by atoms with Gasteiger partial charge in [-0.3, -0.25) is 0 Å². The van der Waals surface area contributed by atoms with Crippen molar-refractivity contribution in [3.8, 4) is 5.75 Å². The summed E-state index contributed by atoms with van der Waals surface area (Å²) in [6.45, 7) is 0.0460. The highest BCUT2D eigenvalue weighted by Gasteiger charge is 2.68. The minimum atomic E-state index is -2.00. The molecule has 2 unspecified atom stereocenters. The minimum Gasteiger partial charge on any atom is -0.508 e. The van der Waals surface area contributed by atoms with Gasteiger partial charge in [0.25, 0.3) is 0 Å². The van der Waals surface area contributed by atoms with Crippen molar-refractivity contribution >= 4 is 12.0 Å². The lowest BCUT2D eigenvalue weighted by molar-refractivity contribution is -0.361. The zero-order chi connectivity index (χ0) is 15.5. The number of aliphatic hydroxyl groups excluding tert-OH is 1. The highest BCUT2D eigenvalue weighted by atomic mass is 16.8. The van der Waals surface area contributed by atoms with E-state index in [0.717, 1.165) is 0 Å². The van der Waals surface area contributed by atoms with Crippen LogP contribution in [0.25, 0.3) is 6.08 Å². The van der Waals surface area contributed by atoms with E-state index in [1.807, 2.05) is 0 Å². The molecule has 116 valence electrons. The molecule has 0 saturated carbocycles. The van der Waals surface area contributed by atoms with E-state index in [2.05, 4.69) is 0 Å². The second-order valence-corrected chi connectivity index (χ2v) is 5.63. The maximum Gasteiger partial charge on any atom is 0.335 e. The second kappa shape index (κ2) is 4.53. The van der Waals surface area contributed by atoms with Crippen LogP contribution >= 0.6 is 0 Å². The fourth-order valence-corrected chi connectivity index (χ4v) is 3.24. The van der Waals surface area contributed by atoms with Gasteiger partial charge in [0.1, 0.15) is 18.0 Å². The summed E-state index contributed by atoms with van der Waals surface area (Å²) in [7, 11) is 0. The number of carbonyl (C=O) groups excluding carboxylic acids is 1. The Kier molecular flexibility index (Phi) is 2.82. The molecule has 22 heavy (non-hydrogen) atoms. The summed E-state index contributed by atoms with van der Waals surface area (Å²) >= 11 is 0. The Morgan fingerprint density at radius 1 is 1.27 bits per heavy atom. The van der Waals surface area contributed by atoms with Crippen LogP contribution in [-0.2, 0) is 19.0 Å². The van der Waals surface area contributed by atoms with Gasteiger partial charge in [0.2, 0.25) is 12.1 Å². The quantitative estimate of drug-likeness (QED) is 0.485. The summed E-state index contributed by atoms with van der Waals surface area (Å²) in [6, 6.07) is 6.23. The predicted molar refractivity (Wildman–Crippen MR) is 71.2 cm³/mol. The summed E-state index contributed by atoms with van der Waals surface area (Å²) in [5.74, 6) is -3.26. The van der Waals surface area contributed by atoms with Gasteiger partial charge in [0.15, 0.2) is 0 Å². The topological polar surface area (TPSA) is 105 Å². The standard InChI is InChI=1S/C15H14O7/c16-8-3-1-7(2-4-8)5-9-11-12(21-13(9)17)10-6-20-14(18)15(11,19)22-10/h1-5,10-12,14,16,18-19H,6H2/b9-5+/t10?,11-,12-,14?,15-/m1/s1. The van der Waals surface area contributed by atoms with Crippen molar-refractivity contribution in [1.82, 2.24) is 0 Å². The van der Waals surface area contributed by atoms with Crippen LogP contribution in [0.3, 0.4) is 0 Å². The normalized spacial score (nSPS) is 41.5. The number of phenols is 1. The van der Waals surface area contributed by atoms with Gasteiger partial charge in [-0.05, 0) is 23.8 Å². The van der Waals surface area contributed by atoms with Crippen molar-refractivity contribution in [2.24, 2.45) is 5.92 Å². The molecule has 0 aliphatic carbocycles. The van der Waals surface area contributed by atoms with Crippen LogP contribution in [0.5, 0.6) is 5.75 Å². The molecule has 3 aliphatic rings. The van der Waals surface area contributed by atoms with Crippen LogP contribution in [0.1, 0.15) is 5.56 Å². The van der Waals surface area contributed by atoms with E-state index < -0.39 is 36.2 Å². The lowest BCUT2D eigenvalue weighted by Crippen LogP contribution is -2.52. The molecular formula is C15H14O7. The monoisotopic (exact) mass is 306 g/mol. The van der Waals surface area contributed by atoms with Gasteiger partial charge in [-0.15, -0.1) is 0 Å². The fraction of sp³-hybridized carbons (Fsp3) is 0.400. The lowest BCUT2D eigenvalue weighted by atomic mass is 9.87. The molecule has 3 N–H and O–H groups in total. The first-order valence-electron chi connectivity index (χ1n) is 6.90. The van der Waals surface area contributed by atoms with Crippen molar-refractivity contribution in [3.63, 3.8) is 0 Å². The van der Waals surface area contributed by atoms with E-state index in [9.17, 15) is 20.1 Å². The molecule has 7 nitrogen and oxygen atoms in total. The van der Waals surface area contributed by atoms with Gasteiger partial charge in [-0.1, -0.05) is 12.1 Å². The molecule has 3 saturated heterocycles. The molecule has 0 spiro atoms. The summed E-state index contributed by atoms with van der Waals surface area (Å²) in [6.07, 6.45) is -1.27. The maximum atomic E-state index is 12.1. The lowest BCUT2D eigenvalue weighted by Gasteiger charge is -2.35. The molecular weight excluding hydrogens is 292 g/mol. The van der Waals surface area contributed by atoms with Crippen LogP contribution in [0.4, 0.5) is 0 Å². The number of carbonyl (C=O) groups is 1. The summed E-state index contributed by atoms with van der Waals surface area (Å²) in [5.41, 5.74) is 0.871. The molecule has 3 heterocycles. The molecule has 0 amide bonds. The zero-order valence-corrected chi connectivity index (χ0v) is 11.4. The van der Waals surface area contributed by atoms with Crippen LogP contribution in [-0.4, -0.2) is 52.2 Å². The Labute approximate surface area is 125 Å². The Balaban J connectivity index is 1.76. The van der Waals surface area contributed by atoms with Crippen LogP contribution in [0.2, 0.25) is 0 Å². The van der Waals surface area contributed by atoms with Gasteiger partial charge < -0.3 is 29.5 Å². The van der Waals surface area contributed by atoms with Crippen LogP contribution < -0.4 is 0 Å². The Hall–Kier alpha value is -1.93. The van der Waals surface area contributed by atoms with E-state index in [1.165, 1.54) is 12.1 Å². The molecule has 5 atom stereocenters. The fourth-order valence-electron chi connectivity index (χ4n) is 3.24. The van der Waals surface area contributed by atoms with E-state index in [0.29, 0.717) is 5.56 Å². The number of phenolic OH excluding ortho intramolecular Hbond substituents is 1. The van der Waals surface area contributed by atoms with Gasteiger partial charge in [-0.2, -0.15) is 0 Å². The first-order chi connectivity index (χ1) is 10.5. The number of hydrogen-bond acceptors (Lipinski definition) is 7. The Bertz CT molecular complexity index is 652. The molecule has 0 aromatic heterocycles. The molecule has 1 aromatic carbocycles. The first-order valence-corrected chi connectivity index (χ1v) is 6.90. The van der Waals surface area contributed by atoms with E-state index in [4.69, 9.17) is 14.2 Å². The number of hydrogen-bond donors (Lipinski definition) is 3. The highest BCUT2D eigenvalue weighted by Crippen LogP contribution is 2.50. The van der Waals surface area contributed by atoms with E-state index in [-0.39, 0.29) is 17.9 Å². The van der Waals surface area contributed by atoms with Gasteiger partial charge in [-0.25, -0.2) is 4.79 Å². The third kappa shape index (κ3) is 1.80. The zero-order valence-electron chi connectivity index (χ0n) is 11.4. The van der Waals surface area contributed by atoms with Crippen LogP contribution in [0.15, 0.2) is 29.8 Å². The van der Waals surface area contributed by atoms with Crippen molar-refractivity contribution in [2.45, 2.75) is 24.3 Å². The van der Waals surface area contributed by atoms with Crippen molar-refractivity contribution < 1.29 is 34.3 Å². The van der Waals surface area contributed by atoms with Crippen molar-refractivity contribution in [1.29, 1.82) is 0 Å². The van der Waals surface area contributed by atoms with Gasteiger partial charge in [0.05, 0.1) is 18.1 Å². The first kappa shape index (κ1) is 13.7. The van der Waals surface area contributed by atoms with E-state index in [1.54, 1.807) is 18.2 Å². The SMILES string of the molecule is O=C1O[C@@H]2C3COC(O)[C@](O)(O3)[C@@H]2/C1=C\c1ccc(O)cc1. The second-order valence-electron chi connectivity index (χ2n) is 5.63. The number of aliphatic hydroxyl groups is 2. The molecule has 7 heteroatoms. The largest absolute Gasteiger partial charge is 0.508 e. The van der Waals surface area contributed by atoms with Crippen molar-refractivity contribution in [3.05, 3.63) is 35.4 Å². The number of esters is 1. The maximum absolute atomic E-state index is 12.1. The number of fused-ring (bicyclic) bond motifs is 5. The van der Waals surface area contributed by atoms with Crippen LogP contribution in [0, 0.1) is 5.92 Å². The number of aromatic hydroxyl groups is 1. The third-order valence-corrected chi connectivity index (χ3v) is 4.28. The minimum absolute atomic E-state index is 0.0460. The average molecular weight is 306 g/mol. The smallest absolute Gasteiger partial charge is 0.335 e. The Morgan fingerprint density at radius 3 is 2.73 bits per heavy atom. The highest BCUT2D eigenvalue weighted by molar-refractivity contribution is 5.97.